The molecule has 35 heavy (non-hydrogen) atoms. The highest BCUT2D eigenvalue weighted by Crippen LogP contribution is 2.49. The molecule has 0 fully saturated rings. The molecule has 5 N–H and O–H groups in total. The lowest BCUT2D eigenvalue weighted by molar-refractivity contribution is -0.127. The Morgan fingerprint density at radius 2 is 1.86 bits per heavy atom. The first-order chi connectivity index (χ1) is 16.5. The number of allylic oxidation sites excluding steroid dienone is 1. The van der Waals surface area contributed by atoms with Crippen LogP contribution in [0.2, 0.25) is 0 Å². The Morgan fingerprint density at radius 3 is 2.43 bits per heavy atom. The quantitative estimate of drug-likeness (QED) is 0.159. The number of carbonyl (C=O) groups excluding carboxylic acids is 2. The smallest absolute Gasteiger partial charge is 0.331 e. The summed E-state index contributed by atoms with van der Waals surface area (Å²) in [6, 6.07) is 7.23. The second kappa shape index (κ2) is 15.5. The maximum Gasteiger partial charge on any atom is 0.331 e. The summed E-state index contributed by atoms with van der Waals surface area (Å²) in [5.41, 5.74) is 7.78. The van der Waals surface area contributed by atoms with Crippen LogP contribution in [0.1, 0.15) is 46.1 Å². The van der Waals surface area contributed by atoms with Crippen molar-refractivity contribution in [1.29, 1.82) is 5.26 Å². The highest BCUT2D eigenvalue weighted by Gasteiger charge is 2.24. The van der Waals surface area contributed by atoms with Gasteiger partial charge in [-0.25, -0.2) is 0 Å². The molecule has 0 radical (unpaired) electrons. The largest absolute Gasteiger partial charge is 0.392 e. The van der Waals surface area contributed by atoms with Crippen LogP contribution in [-0.4, -0.2) is 48.4 Å². The van der Waals surface area contributed by atoms with E-state index in [0.29, 0.717) is 17.7 Å². The van der Waals surface area contributed by atoms with Crippen LogP contribution in [0.4, 0.5) is 5.69 Å². The lowest BCUT2D eigenvalue weighted by Crippen LogP contribution is -2.50. The van der Waals surface area contributed by atoms with E-state index in [0.717, 1.165) is 5.57 Å². The minimum atomic E-state index is -3.46. The fourth-order valence-electron chi connectivity index (χ4n) is 2.72. The number of rotatable bonds is 15. The lowest BCUT2D eigenvalue weighted by Gasteiger charge is -2.19. The lowest BCUT2D eigenvalue weighted by atomic mass is 10.0. The van der Waals surface area contributed by atoms with Crippen molar-refractivity contribution in [3.8, 4) is 6.07 Å². The van der Waals surface area contributed by atoms with Gasteiger partial charge in [-0.15, -0.1) is 0 Å². The fourth-order valence-corrected chi connectivity index (χ4v) is 4.21. The van der Waals surface area contributed by atoms with Crippen LogP contribution in [0.25, 0.3) is 0 Å². The fraction of sp³-hybridized carbons (Fsp3) is 0.542. The summed E-state index contributed by atoms with van der Waals surface area (Å²) in [7, 11) is -3.46. The number of aliphatic hydroxyl groups excluding tert-OH is 1. The van der Waals surface area contributed by atoms with Gasteiger partial charge in [0, 0.05) is 5.69 Å². The Morgan fingerprint density at radius 1 is 1.20 bits per heavy atom. The van der Waals surface area contributed by atoms with Gasteiger partial charge in [0.1, 0.15) is 6.04 Å². The van der Waals surface area contributed by atoms with Crippen molar-refractivity contribution in [1.82, 2.24) is 5.32 Å². The molecule has 2 amide bonds. The molecule has 0 heterocycles. The molecule has 0 saturated carbocycles. The third-order valence-electron chi connectivity index (χ3n) is 5.07. The highest BCUT2D eigenvalue weighted by atomic mass is 31.2. The number of nitrogens with one attached hydrogen (secondary N) is 2. The zero-order valence-corrected chi connectivity index (χ0v) is 21.7. The van der Waals surface area contributed by atoms with E-state index in [2.05, 4.69) is 10.6 Å². The zero-order valence-electron chi connectivity index (χ0n) is 20.8. The maximum atomic E-state index is 13.1. The molecule has 0 spiro atoms. The van der Waals surface area contributed by atoms with Gasteiger partial charge in [-0.2, -0.15) is 5.26 Å². The third-order valence-corrected chi connectivity index (χ3v) is 6.97. The van der Waals surface area contributed by atoms with E-state index in [4.69, 9.17) is 25.1 Å². The molecule has 0 saturated heterocycles. The number of hydrogen-bond donors (Lipinski definition) is 4. The van der Waals surface area contributed by atoms with E-state index in [-0.39, 0.29) is 44.2 Å². The van der Waals surface area contributed by atoms with Gasteiger partial charge >= 0.3 is 7.60 Å². The third kappa shape index (κ3) is 11.6. The summed E-state index contributed by atoms with van der Waals surface area (Å²) >= 11 is 0. The van der Waals surface area contributed by atoms with Gasteiger partial charge in [0.2, 0.25) is 11.8 Å². The van der Waals surface area contributed by atoms with Gasteiger partial charge in [-0.05, 0) is 43.9 Å². The molecule has 0 aromatic heterocycles. The standard InChI is InChI=1S/C24H37N4O6P/c1-17(2)22(26)24(31)27-19(4)23(30)28-21-10-8-20(9-11-21)16-34-35(32,33-13-6-12-25)14-5-7-18(3)15-29/h7-11,17,19,22,29H,5-6,13-16,26H2,1-4H3,(H,27,31)(H,28,30)/b18-7+/t19-,22-,35?/m0/s1. The van der Waals surface area contributed by atoms with Gasteiger partial charge in [0.25, 0.3) is 0 Å². The highest BCUT2D eigenvalue weighted by molar-refractivity contribution is 7.53. The summed E-state index contributed by atoms with van der Waals surface area (Å²) in [4.78, 5) is 24.4. The van der Waals surface area contributed by atoms with Gasteiger partial charge in [0.15, 0.2) is 0 Å². The SMILES string of the molecule is C/C(=C\CCP(=O)(OCCC#N)OCc1ccc(NC(=O)[C@H](C)NC(=O)[C@@H](N)C(C)C)cc1)CO. The van der Waals surface area contributed by atoms with Gasteiger partial charge < -0.3 is 30.5 Å². The number of nitrogens with two attached hydrogens (primary N) is 1. The average molecular weight is 509 g/mol. The predicted octanol–water partition coefficient (Wildman–Crippen LogP) is 3.08. The van der Waals surface area contributed by atoms with Gasteiger partial charge in [-0.1, -0.05) is 37.6 Å². The first-order valence-electron chi connectivity index (χ1n) is 11.5. The summed E-state index contributed by atoms with van der Waals surface area (Å²) in [5.74, 6) is -0.827. The number of carbonyl (C=O) groups is 2. The van der Waals surface area contributed by atoms with E-state index >= 15 is 0 Å². The number of nitriles is 1. The van der Waals surface area contributed by atoms with Crippen LogP contribution >= 0.6 is 7.60 Å². The molecule has 0 aliphatic heterocycles. The zero-order chi connectivity index (χ0) is 26.4. The number of nitrogens with zero attached hydrogens (tertiary/aromatic N) is 1. The van der Waals surface area contributed by atoms with Crippen LogP contribution in [0.15, 0.2) is 35.9 Å². The molecule has 1 unspecified atom stereocenters. The van der Waals surface area contributed by atoms with E-state index in [9.17, 15) is 14.2 Å². The summed E-state index contributed by atoms with van der Waals surface area (Å²) in [5, 5.41) is 23.1. The first kappa shape index (κ1) is 30.5. The molecule has 194 valence electrons. The van der Waals surface area contributed by atoms with Crippen LogP contribution < -0.4 is 16.4 Å². The molecule has 10 nitrogen and oxygen atoms in total. The predicted molar refractivity (Wildman–Crippen MR) is 134 cm³/mol. The number of hydrogen-bond acceptors (Lipinski definition) is 8. The van der Waals surface area contributed by atoms with Gasteiger partial charge in [-0.3, -0.25) is 14.2 Å². The van der Waals surface area contributed by atoms with Crippen molar-refractivity contribution in [3.05, 3.63) is 41.5 Å². The number of anilines is 1. The molecule has 1 aromatic carbocycles. The van der Waals surface area contributed by atoms with E-state index in [1.165, 1.54) is 0 Å². The van der Waals surface area contributed by atoms with E-state index < -0.39 is 25.6 Å². The molecule has 3 atom stereocenters. The Bertz CT molecular complexity index is 942. The van der Waals surface area contributed by atoms with E-state index in [1.54, 1.807) is 44.2 Å². The average Bonchev–Trinajstić information content (AvgIpc) is 2.83. The van der Waals surface area contributed by atoms with Crippen LogP contribution in [0.3, 0.4) is 0 Å². The number of aliphatic hydroxyl groups is 1. The molecule has 0 aliphatic rings. The molecule has 1 rings (SSSR count). The second-order valence-corrected chi connectivity index (χ2v) is 10.7. The van der Waals surface area contributed by atoms with Crippen molar-refractivity contribution in [3.63, 3.8) is 0 Å². The van der Waals surface area contributed by atoms with Crippen molar-refractivity contribution >= 4 is 25.1 Å². The van der Waals surface area contributed by atoms with Crippen LogP contribution in [0, 0.1) is 17.2 Å². The van der Waals surface area contributed by atoms with Crippen LogP contribution in [-0.2, 0) is 29.8 Å². The Kier molecular flexibility index (Phi) is 13.5. The van der Waals surface area contributed by atoms with Crippen molar-refractivity contribution in [2.75, 3.05) is 24.7 Å². The van der Waals surface area contributed by atoms with Crippen molar-refractivity contribution in [2.24, 2.45) is 11.7 Å². The molecular weight excluding hydrogens is 471 g/mol. The molecular formula is C24H37N4O6P. The summed E-state index contributed by atoms with van der Waals surface area (Å²) in [6.07, 6.45) is 2.38. The Hall–Kier alpha value is -2.54. The first-order valence-corrected chi connectivity index (χ1v) is 13.2. The van der Waals surface area contributed by atoms with Crippen LogP contribution in [0.5, 0.6) is 0 Å². The Balaban J connectivity index is 2.68. The van der Waals surface area contributed by atoms with Gasteiger partial charge in [0.05, 0.1) is 44.5 Å². The normalized spacial score (nSPS) is 15.1. The maximum absolute atomic E-state index is 13.1. The summed E-state index contributed by atoms with van der Waals surface area (Å²) in [6.45, 7) is 6.92. The molecule has 11 heteroatoms. The minimum absolute atomic E-state index is 0.00175. The second-order valence-electron chi connectivity index (χ2n) is 8.53. The number of benzene rings is 1. The topological polar surface area (TPSA) is 164 Å². The van der Waals surface area contributed by atoms with E-state index in [1.807, 2.05) is 19.9 Å². The molecule has 0 aliphatic carbocycles. The minimum Gasteiger partial charge on any atom is -0.392 e. The molecule has 1 aromatic rings. The monoisotopic (exact) mass is 508 g/mol. The summed E-state index contributed by atoms with van der Waals surface area (Å²) < 4.78 is 24.0. The van der Waals surface area contributed by atoms with Crippen molar-refractivity contribution in [2.45, 2.75) is 59.2 Å². The Labute approximate surface area is 207 Å². The molecule has 0 bridgehead atoms. The number of amides is 2. The van der Waals surface area contributed by atoms with Crippen molar-refractivity contribution < 1.29 is 28.3 Å².